The molecule has 0 spiro atoms. The van der Waals surface area contributed by atoms with Crippen molar-refractivity contribution >= 4 is 16.6 Å². The molecular formula is C18H10F6N2O. The van der Waals surface area contributed by atoms with Gasteiger partial charge in [-0.15, -0.1) is 0 Å². The van der Waals surface area contributed by atoms with Crippen molar-refractivity contribution in [3.05, 3.63) is 82.4 Å². The third kappa shape index (κ3) is 4.02. The summed E-state index contributed by atoms with van der Waals surface area (Å²) in [7, 11) is 0. The molecule has 3 rings (SSSR count). The van der Waals surface area contributed by atoms with Crippen LogP contribution in [0.25, 0.3) is 16.6 Å². The molecule has 0 fully saturated rings. The molecule has 0 amide bonds. The average Bonchev–Trinajstić information content (AvgIpc) is 2.59. The van der Waals surface area contributed by atoms with Crippen LogP contribution in [0.5, 0.6) is 0 Å². The summed E-state index contributed by atoms with van der Waals surface area (Å²) in [4.78, 5) is 16.4. The molecule has 2 aromatic carbocycles. The van der Waals surface area contributed by atoms with Gasteiger partial charge in [0.05, 0.1) is 22.2 Å². The fourth-order valence-corrected chi connectivity index (χ4v) is 2.53. The lowest BCUT2D eigenvalue weighted by Crippen LogP contribution is -2.22. The molecule has 0 aliphatic rings. The van der Waals surface area contributed by atoms with Gasteiger partial charge in [0.2, 0.25) is 0 Å². The Morgan fingerprint density at radius 2 is 1.63 bits per heavy atom. The Morgan fingerprint density at radius 1 is 0.963 bits per heavy atom. The van der Waals surface area contributed by atoms with Crippen LogP contribution in [-0.4, -0.2) is 15.7 Å². The van der Waals surface area contributed by atoms with E-state index in [-0.39, 0.29) is 22.5 Å². The van der Waals surface area contributed by atoms with E-state index in [0.29, 0.717) is 16.7 Å². The third-order valence-electron chi connectivity index (χ3n) is 3.72. The van der Waals surface area contributed by atoms with Gasteiger partial charge in [0.25, 0.3) is 5.56 Å². The van der Waals surface area contributed by atoms with E-state index in [4.69, 9.17) is 0 Å². The lowest BCUT2D eigenvalue weighted by atomic mass is 10.1. The van der Waals surface area contributed by atoms with Crippen LogP contribution in [0.2, 0.25) is 0 Å². The normalized spacial score (nSPS) is 13.2. The first-order valence-corrected chi connectivity index (χ1v) is 7.50. The summed E-state index contributed by atoms with van der Waals surface area (Å²) < 4.78 is 77.9. The van der Waals surface area contributed by atoms with E-state index >= 15 is 0 Å². The minimum atomic E-state index is -4.72. The lowest BCUT2D eigenvalue weighted by Gasteiger charge is -2.14. The maximum absolute atomic E-state index is 13.0. The summed E-state index contributed by atoms with van der Waals surface area (Å²) in [6.45, 7) is 0. The molecule has 0 saturated carbocycles. The van der Waals surface area contributed by atoms with E-state index in [9.17, 15) is 31.1 Å². The van der Waals surface area contributed by atoms with E-state index < -0.39 is 29.2 Å². The van der Waals surface area contributed by atoms with Crippen LogP contribution in [0.4, 0.5) is 26.3 Å². The highest BCUT2D eigenvalue weighted by molar-refractivity contribution is 5.80. The van der Waals surface area contributed by atoms with Crippen molar-refractivity contribution in [1.82, 2.24) is 9.55 Å². The second kappa shape index (κ2) is 6.57. The van der Waals surface area contributed by atoms with Gasteiger partial charge in [0.1, 0.15) is 6.33 Å². The van der Waals surface area contributed by atoms with E-state index in [2.05, 4.69) is 4.98 Å². The minimum absolute atomic E-state index is 0.0542. The fraction of sp³-hybridized carbons (Fsp3) is 0.111. The van der Waals surface area contributed by atoms with Crippen molar-refractivity contribution in [1.29, 1.82) is 0 Å². The van der Waals surface area contributed by atoms with E-state index in [1.165, 1.54) is 24.3 Å². The topological polar surface area (TPSA) is 34.9 Å². The van der Waals surface area contributed by atoms with Gasteiger partial charge in [-0.05, 0) is 23.8 Å². The van der Waals surface area contributed by atoms with Crippen molar-refractivity contribution in [2.24, 2.45) is 0 Å². The van der Waals surface area contributed by atoms with Crippen LogP contribution in [-0.2, 0) is 6.18 Å². The maximum atomic E-state index is 13.0. The molecule has 1 aromatic heterocycles. The van der Waals surface area contributed by atoms with Crippen LogP contribution in [0.15, 0.2) is 65.7 Å². The first kappa shape index (κ1) is 18.7. The van der Waals surface area contributed by atoms with Gasteiger partial charge >= 0.3 is 12.4 Å². The quantitative estimate of drug-likeness (QED) is 0.591. The predicted octanol–water partition coefficient (Wildman–Crippen LogP) is 4.87. The Hall–Kier alpha value is -3.10. The molecule has 3 nitrogen and oxygen atoms in total. The second-order valence-electron chi connectivity index (χ2n) is 5.59. The number of hydrogen-bond donors (Lipinski definition) is 0. The van der Waals surface area contributed by atoms with E-state index in [1.54, 1.807) is 6.07 Å². The monoisotopic (exact) mass is 384 g/mol. The number of rotatable bonds is 2. The summed E-state index contributed by atoms with van der Waals surface area (Å²) in [6, 6.07) is 9.60. The Labute approximate surface area is 148 Å². The van der Waals surface area contributed by atoms with Crippen molar-refractivity contribution in [3.63, 3.8) is 0 Å². The zero-order valence-electron chi connectivity index (χ0n) is 13.3. The highest BCUT2D eigenvalue weighted by atomic mass is 19.4. The molecule has 0 radical (unpaired) electrons. The van der Waals surface area contributed by atoms with Gasteiger partial charge in [0.15, 0.2) is 0 Å². The van der Waals surface area contributed by atoms with Crippen molar-refractivity contribution < 1.29 is 26.3 Å². The Bertz CT molecular complexity index is 1070. The van der Waals surface area contributed by atoms with Crippen molar-refractivity contribution in [3.8, 4) is 0 Å². The highest BCUT2D eigenvalue weighted by Gasteiger charge is 2.31. The van der Waals surface area contributed by atoms with Crippen LogP contribution < -0.4 is 5.56 Å². The van der Waals surface area contributed by atoms with Crippen molar-refractivity contribution in [2.75, 3.05) is 0 Å². The van der Waals surface area contributed by atoms with E-state index in [1.807, 2.05) is 0 Å². The number of halogens is 6. The number of fused-ring (bicyclic) bond motifs is 1. The smallest absolute Gasteiger partial charge is 0.268 e. The van der Waals surface area contributed by atoms with Crippen LogP contribution in [0, 0.1) is 0 Å². The molecule has 140 valence electrons. The summed E-state index contributed by atoms with van der Waals surface area (Å²) in [6.07, 6.45) is -8.62. The van der Waals surface area contributed by atoms with Crippen LogP contribution in [0.3, 0.4) is 0 Å². The molecule has 0 unspecified atom stereocenters. The average molecular weight is 384 g/mol. The minimum Gasteiger partial charge on any atom is -0.268 e. The molecule has 0 aliphatic carbocycles. The number of nitrogens with zero attached hydrogens (tertiary/aromatic N) is 2. The van der Waals surface area contributed by atoms with Gasteiger partial charge in [-0.25, -0.2) is 4.98 Å². The Kier molecular flexibility index (Phi) is 4.54. The largest absolute Gasteiger partial charge is 0.416 e. The molecule has 3 aromatic rings. The standard InChI is InChI=1S/C18H10F6N2O/c19-17(20,21)9-15(11-4-2-1-3-5-11)26-10-25-14-8-12(18(22,23)24)6-7-13(14)16(26)27/h1-10H/b15-9-. The molecule has 0 saturated heterocycles. The zero-order chi connectivity index (χ0) is 19.8. The summed E-state index contributed by atoms with van der Waals surface area (Å²) in [5.41, 5.74) is -2.56. The van der Waals surface area contributed by atoms with Gasteiger partial charge < -0.3 is 0 Å². The summed E-state index contributed by atoms with van der Waals surface area (Å²) in [5, 5.41) is -0.227. The molecule has 0 bridgehead atoms. The van der Waals surface area contributed by atoms with Gasteiger partial charge in [-0.2, -0.15) is 26.3 Å². The van der Waals surface area contributed by atoms with Crippen LogP contribution in [0.1, 0.15) is 11.1 Å². The fourth-order valence-electron chi connectivity index (χ4n) is 2.53. The number of aromatic nitrogens is 2. The molecule has 0 atom stereocenters. The highest BCUT2D eigenvalue weighted by Crippen LogP contribution is 2.30. The Balaban J connectivity index is 2.24. The van der Waals surface area contributed by atoms with Crippen molar-refractivity contribution in [2.45, 2.75) is 12.4 Å². The molecule has 0 N–H and O–H groups in total. The maximum Gasteiger partial charge on any atom is 0.416 e. The number of allylic oxidation sites excluding steroid dienone is 1. The van der Waals surface area contributed by atoms with Gasteiger partial charge in [-0.1, -0.05) is 30.3 Å². The number of alkyl halides is 6. The summed E-state index contributed by atoms with van der Waals surface area (Å²) >= 11 is 0. The van der Waals surface area contributed by atoms with E-state index in [0.717, 1.165) is 12.4 Å². The van der Waals surface area contributed by atoms with Gasteiger partial charge in [-0.3, -0.25) is 9.36 Å². The zero-order valence-corrected chi connectivity index (χ0v) is 13.3. The first-order chi connectivity index (χ1) is 12.6. The molecule has 27 heavy (non-hydrogen) atoms. The third-order valence-corrected chi connectivity index (χ3v) is 3.72. The number of hydrogen-bond acceptors (Lipinski definition) is 2. The molecule has 1 heterocycles. The molecule has 9 heteroatoms. The Morgan fingerprint density at radius 3 is 2.22 bits per heavy atom. The summed E-state index contributed by atoms with van der Waals surface area (Å²) in [5.74, 6) is 0. The predicted molar refractivity (Wildman–Crippen MR) is 86.9 cm³/mol. The first-order valence-electron chi connectivity index (χ1n) is 7.50. The molecule has 0 aliphatic heterocycles. The second-order valence-corrected chi connectivity index (χ2v) is 5.59. The van der Waals surface area contributed by atoms with Crippen LogP contribution >= 0.6 is 0 Å². The SMILES string of the molecule is O=c1c2ccc(C(F)(F)F)cc2ncn1/C(=C\C(F)(F)F)c1ccccc1. The number of benzene rings is 2. The van der Waals surface area contributed by atoms with Gasteiger partial charge in [0, 0.05) is 6.08 Å². The lowest BCUT2D eigenvalue weighted by molar-refractivity contribution is -0.137. The molecular weight excluding hydrogens is 374 g/mol.